The lowest BCUT2D eigenvalue weighted by molar-refractivity contribution is 0.188. The van der Waals surface area contributed by atoms with Crippen LogP contribution in [0.3, 0.4) is 0 Å². The average Bonchev–Trinajstić information content (AvgIpc) is 2.46. The van der Waals surface area contributed by atoms with E-state index in [0.29, 0.717) is 12.1 Å². The Morgan fingerprint density at radius 1 is 1.69 bits per heavy atom. The molecule has 4 heteroatoms. The van der Waals surface area contributed by atoms with Crippen LogP contribution >= 0.6 is 0 Å². The minimum atomic E-state index is -0.477. The van der Waals surface area contributed by atoms with Gasteiger partial charge in [-0.3, -0.25) is 4.68 Å². The van der Waals surface area contributed by atoms with Gasteiger partial charge in [-0.15, -0.1) is 0 Å². The molecule has 1 aliphatic carbocycles. The van der Waals surface area contributed by atoms with Crippen molar-refractivity contribution in [3.8, 4) is 0 Å². The summed E-state index contributed by atoms with van der Waals surface area (Å²) < 4.78 is 1.91. The number of nitrogens with zero attached hydrogens (tertiary/aromatic N) is 2. The topological polar surface area (TPSA) is 64.1 Å². The fourth-order valence-electron chi connectivity index (χ4n) is 1.62. The number of aliphatic hydroxyl groups excluding tert-OH is 1. The Bertz CT molecular complexity index is 289. The van der Waals surface area contributed by atoms with Crippen LogP contribution in [0.1, 0.15) is 37.6 Å². The second-order valence-electron chi connectivity index (χ2n) is 3.78. The number of hydrogen-bond acceptors (Lipinski definition) is 3. The lowest BCUT2D eigenvalue weighted by Gasteiger charge is -2.32. The molecule has 1 saturated carbocycles. The van der Waals surface area contributed by atoms with Crippen LogP contribution in [0, 0.1) is 0 Å². The van der Waals surface area contributed by atoms with Gasteiger partial charge in [0.25, 0.3) is 0 Å². The minimum Gasteiger partial charge on any atom is -0.387 e. The maximum absolute atomic E-state index is 9.26. The van der Waals surface area contributed by atoms with E-state index in [0.717, 1.165) is 18.5 Å². The zero-order valence-electron chi connectivity index (χ0n) is 7.72. The number of aliphatic hydroxyl groups is 1. The van der Waals surface area contributed by atoms with Gasteiger partial charge in [-0.25, -0.2) is 0 Å². The van der Waals surface area contributed by atoms with Crippen LogP contribution in [0.15, 0.2) is 12.3 Å². The fourth-order valence-corrected chi connectivity index (χ4v) is 1.62. The molecule has 0 spiro atoms. The molecule has 1 aromatic rings. The molecule has 72 valence electrons. The van der Waals surface area contributed by atoms with Crippen LogP contribution in [-0.2, 0) is 0 Å². The first-order valence-corrected chi connectivity index (χ1v) is 4.65. The fraction of sp³-hybridized carbons (Fsp3) is 0.667. The maximum atomic E-state index is 9.26. The van der Waals surface area contributed by atoms with Crippen molar-refractivity contribution in [2.75, 3.05) is 0 Å². The molecule has 0 radical (unpaired) electrons. The van der Waals surface area contributed by atoms with Crippen molar-refractivity contribution in [3.05, 3.63) is 18.0 Å². The summed E-state index contributed by atoms with van der Waals surface area (Å²) >= 11 is 0. The molecule has 0 aliphatic heterocycles. The summed E-state index contributed by atoms with van der Waals surface area (Å²) in [6.07, 6.45) is 3.44. The van der Waals surface area contributed by atoms with E-state index < -0.39 is 6.10 Å². The first kappa shape index (κ1) is 8.72. The van der Waals surface area contributed by atoms with E-state index in [2.05, 4.69) is 5.10 Å². The summed E-state index contributed by atoms with van der Waals surface area (Å²) in [6.45, 7) is 1.72. The minimum absolute atomic E-state index is 0.337. The predicted octanol–water partition coefficient (Wildman–Crippen LogP) is 0.599. The SMILES string of the molecule is CC(O)c1ccn(C2CC(N)C2)n1. The van der Waals surface area contributed by atoms with Crippen LogP contribution < -0.4 is 5.73 Å². The van der Waals surface area contributed by atoms with Gasteiger partial charge < -0.3 is 10.8 Å². The van der Waals surface area contributed by atoms with Crippen LogP contribution in [0.2, 0.25) is 0 Å². The van der Waals surface area contributed by atoms with Crippen molar-refractivity contribution >= 4 is 0 Å². The number of hydrogen-bond donors (Lipinski definition) is 2. The van der Waals surface area contributed by atoms with Gasteiger partial charge in [-0.05, 0) is 25.8 Å². The average molecular weight is 181 g/mol. The molecule has 0 aromatic carbocycles. The number of nitrogens with two attached hydrogens (primary N) is 1. The van der Waals surface area contributed by atoms with Gasteiger partial charge in [0, 0.05) is 12.2 Å². The molecule has 1 atom stereocenters. The highest BCUT2D eigenvalue weighted by Gasteiger charge is 2.28. The van der Waals surface area contributed by atoms with E-state index in [-0.39, 0.29) is 0 Å². The van der Waals surface area contributed by atoms with Crippen LogP contribution in [0.5, 0.6) is 0 Å². The summed E-state index contributed by atoms with van der Waals surface area (Å²) in [5.41, 5.74) is 6.42. The van der Waals surface area contributed by atoms with Crippen LogP contribution in [-0.4, -0.2) is 20.9 Å². The Hall–Kier alpha value is -0.870. The number of aromatic nitrogens is 2. The van der Waals surface area contributed by atoms with E-state index >= 15 is 0 Å². The molecule has 4 nitrogen and oxygen atoms in total. The summed E-state index contributed by atoms with van der Waals surface area (Å²) in [5.74, 6) is 0. The molecule has 1 fully saturated rings. The van der Waals surface area contributed by atoms with E-state index in [1.807, 2.05) is 16.9 Å². The van der Waals surface area contributed by atoms with Crippen molar-refractivity contribution < 1.29 is 5.11 Å². The summed E-state index contributed by atoms with van der Waals surface area (Å²) in [5, 5.41) is 13.5. The summed E-state index contributed by atoms with van der Waals surface area (Å²) in [6, 6.07) is 2.64. The second kappa shape index (κ2) is 3.12. The van der Waals surface area contributed by atoms with Crippen molar-refractivity contribution in [1.82, 2.24) is 9.78 Å². The Labute approximate surface area is 77.4 Å². The van der Waals surface area contributed by atoms with E-state index in [9.17, 15) is 5.11 Å². The summed E-state index contributed by atoms with van der Waals surface area (Å²) in [4.78, 5) is 0. The van der Waals surface area contributed by atoms with Gasteiger partial charge in [0.15, 0.2) is 0 Å². The highest BCUT2D eigenvalue weighted by Crippen LogP contribution is 2.30. The van der Waals surface area contributed by atoms with E-state index in [1.165, 1.54) is 0 Å². The zero-order valence-corrected chi connectivity index (χ0v) is 7.72. The maximum Gasteiger partial charge on any atom is 0.0950 e. The van der Waals surface area contributed by atoms with Crippen molar-refractivity contribution in [1.29, 1.82) is 0 Å². The summed E-state index contributed by atoms with van der Waals surface area (Å²) in [7, 11) is 0. The van der Waals surface area contributed by atoms with Gasteiger partial charge >= 0.3 is 0 Å². The monoisotopic (exact) mass is 181 g/mol. The van der Waals surface area contributed by atoms with Gasteiger partial charge in [0.1, 0.15) is 0 Å². The van der Waals surface area contributed by atoms with Crippen LogP contribution in [0.25, 0.3) is 0 Å². The smallest absolute Gasteiger partial charge is 0.0950 e. The zero-order chi connectivity index (χ0) is 9.42. The molecule has 0 amide bonds. The molecular formula is C9H15N3O. The van der Waals surface area contributed by atoms with Crippen molar-refractivity contribution in [3.63, 3.8) is 0 Å². The second-order valence-corrected chi connectivity index (χ2v) is 3.78. The predicted molar refractivity (Wildman–Crippen MR) is 49.1 cm³/mol. The molecule has 0 bridgehead atoms. The number of rotatable bonds is 2. The first-order chi connectivity index (χ1) is 6.16. The molecule has 1 aliphatic rings. The first-order valence-electron chi connectivity index (χ1n) is 4.65. The molecule has 0 saturated heterocycles. The molecule has 1 unspecified atom stereocenters. The van der Waals surface area contributed by atoms with Crippen LogP contribution in [0.4, 0.5) is 0 Å². The quantitative estimate of drug-likeness (QED) is 0.702. The highest BCUT2D eigenvalue weighted by molar-refractivity contribution is 5.03. The van der Waals surface area contributed by atoms with E-state index in [4.69, 9.17) is 5.73 Å². The van der Waals surface area contributed by atoms with Gasteiger partial charge in [-0.2, -0.15) is 5.10 Å². The molecule has 13 heavy (non-hydrogen) atoms. The highest BCUT2D eigenvalue weighted by atomic mass is 16.3. The standard InChI is InChI=1S/C9H15N3O/c1-6(13)9-2-3-12(11-9)8-4-7(10)5-8/h2-3,6-8,13H,4-5,10H2,1H3. The largest absolute Gasteiger partial charge is 0.387 e. The van der Waals surface area contributed by atoms with Gasteiger partial charge in [-0.1, -0.05) is 0 Å². The Morgan fingerprint density at radius 3 is 2.85 bits per heavy atom. The lowest BCUT2D eigenvalue weighted by Crippen LogP contribution is -2.37. The third-order valence-corrected chi connectivity index (χ3v) is 2.58. The van der Waals surface area contributed by atoms with Gasteiger partial charge in [0.05, 0.1) is 17.8 Å². The van der Waals surface area contributed by atoms with E-state index in [1.54, 1.807) is 6.92 Å². The third kappa shape index (κ3) is 1.59. The molecule has 1 heterocycles. The molecule has 3 N–H and O–H groups in total. The third-order valence-electron chi connectivity index (χ3n) is 2.58. The van der Waals surface area contributed by atoms with Gasteiger partial charge in [0.2, 0.25) is 0 Å². The van der Waals surface area contributed by atoms with Crippen molar-refractivity contribution in [2.45, 2.75) is 38.0 Å². The normalized spacial score (nSPS) is 29.8. The molecule has 1 aromatic heterocycles. The Balaban J connectivity index is 2.06. The molecule has 2 rings (SSSR count). The van der Waals surface area contributed by atoms with Crippen molar-refractivity contribution in [2.24, 2.45) is 5.73 Å². The molecular weight excluding hydrogens is 166 g/mol. The lowest BCUT2D eigenvalue weighted by atomic mass is 9.88. The Kier molecular flexibility index (Phi) is 2.09. The Morgan fingerprint density at radius 2 is 2.38 bits per heavy atom.